The van der Waals surface area contributed by atoms with E-state index in [1.807, 2.05) is 13.8 Å². The van der Waals surface area contributed by atoms with Crippen LogP contribution >= 0.6 is 15.9 Å². The minimum absolute atomic E-state index is 0.200. The molecule has 0 saturated heterocycles. The van der Waals surface area contributed by atoms with Gasteiger partial charge in [0.1, 0.15) is 11.6 Å². The lowest BCUT2D eigenvalue weighted by atomic mass is 10.1. The zero-order chi connectivity index (χ0) is 16.8. The van der Waals surface area contributed by atoms with Crippen molar-refractivity contribution in [2.75, 3.05) is 13.6 Å². The zero-order valence-corrected chi connectivity index (χ0v) is 15.0. The summed E-state index contributed by atoms with van der Waals surface area (Å²) in [4.78, 5) is 4.16. The molecule has 0 bridgehead atoms. The first-order valence-electron chi connectivity index (χ1n) is 7.31. The number of halogens is 2. The minimum Gasteiger partial charge on any atom is -0.361 e. The summed E-state index contributed by atoms with van der Waals surface area (Å²) in [6, 6.07) is 4.94. The molecule has 0 unspecified atom stereocenters. The number of nitrogens with zero attached hydrogens (tertiary/aromatic N) is 2. The van der Waals surface area contributed by atoms with Crippen LogP contribution in [0.4, 0.5) is 4.39 Å². The predicted molar refractivity (Wildman–Crippen MR) is 92.0 cm³/mol. The van der Waals surface area contributed by atoms with Crippen molar-refractivity contribution in [3.8, 4) is 0 Å². The normalized spacial score (nSPS) is 11.6. The Bertz CT molecular complexity index is 680. The van der Waals surface area contributed by atoms with E-state index in [-0.39, 0.29) is 5.82 Å². The van der Waals surface area contributed by atoms with E-state index in [1.165, 1.54) is 6.07 Å². The Kier molecular flexibility index (Phi) is 6.15. The molecule has 23 heavy (non-hydrogen) atoms. The number of hydrogen-bond acceptors (Lipinski definition) is 3. The molecular weight excluding hydrogens is 363 g/mol. The largest absolute Gasteiger partial charge is 0.361 e. The third kappa shape index (κ3) is 4.79. The lowest BCUT2D eigenvalue weighted by Crippen LogP contribution is -2.38. The Labute approximate surface area is 143 Å². The molecule has 0 aliphatic carbocycles. The van der Waals surface area contributed by atoms with Crippen LogP contribution in [0.2, 0.25) is 0 Å². The Morgan fingerprint density at radius 2 is 2.13 bits per heavy atom. The van der Waals surface area contributed by atoms with Crippen molar-refractivity contribution in [1.29, 1.82) is 0 Å². The summed E-state index contributed by atoms with van der Waals surface area (Å²) in [5, 5.41) is 10.3. The van der Waals surface area contributed by atoms with Crippen LogP contribution in [-0.2, 0) is 13.0 Å². The Morgan fingerprint density at radius 3 is 2.78 bits per heavy atom. The average molecular weight is 383 g/mol. The van der Waals surface area contributed by atoms with Crippen LogP contribution in [0, 0.1) is 19.7 Å². The third-order valence-corrected chi connectivity index (χ3v) is 4.03. The maximum Gasteiger partial charge on any atom is 0.191 e. The third-order valence-electron chi connectivity index (χ3n) is 3.53. The molecule has 124 valence electrons. The molecule has 1 aromatic carbocycles. The molecule has 1 aromatic heterocycles. The van der Waals surface area contributed by atoms with E-state index < -0.39 is 0 Å². The van der Waals surface area contributed by atoms with Gasteiger partial charge in [-0.2, -0.15) is 0 Å². The number of aliphatic imine (C=N–C) groups is 1. The highest BCUT2D eigenvalue weighted by Crippen LogP contribution is 2.15. The van der Waals surface area contributed by atoms with Gasteiger partial charge in [-0.25, -0.2) is 4.39 Å². The zero-order valence-electron chi connectivity index (χ0n) is 13.4. The monoisotopic (exact) mass is 382 g/mol. The first kappa shape index (κ1) is 17.5. The van der Waals surface area contributed by atoms with Gasteiger partial charge in [0.2, 0.25) is 0 Å². The van der Waals surface area contributed by atoms with Crippen LogP contribution in [0.25, 0.3) is 0 Å². The number of aromatic nitrogens is 1. The summed E-state index contributed by atoms with van der Waals surface area (Å²) in [5.41, 5.74) is 2.54. The highest BCUT2D eigenvalue weighted by atomic mass is 79.9. The number of benzene rings is 1. The molecule has 7 heteroatoms. The molecule has 5 nitrogen and oxygen atoms in total. The van der Waals surface area contributed by atoms with E-state index >= 15 is 0 Å². The van der Waals surface area contributed by atoms with Gasteiger partial charge < -0.3 is 15.2 Å². The Hall–Kier alpha value is -1.89. The fourth-order valence-corrected chi connectivity index (χ4v) is 2.61. The number of hydrogen-bond donors (Lipinski definition) is 2. The summed E-state index contributed by atoms with van der Waals surface area (Å²) < 4.78 is 19.7. The summed E-state index contributed by atoms with van der Waals surface area (Å²) in [5.74, 6) is 1.25. The van der Waals surface area contributed by atoms with Crippen molar-refractivity contribution in [2.45, 2.75) is 26.8 Å². The molecule has 0 aliphatic rings. The van der Waals surface area contributed by atoms with Crippen molar-refractivity contribution in [3.63, 3.8) is 0 Å². The Balaban J connectivity index is 1.85. The molecule has 0 saturated carbocycles. The van der Waals surface area contributed by atoms with Crippen LogP contribution in [0.3, 0.4) is 0 Å². The fourth-order valence-electron chi connectivity index (χ4n) is 2.20. The SMILES string of the molecule is CN=C(NCCc1cc(Br)ccc1F)NCc1c(C)noc1C. The average Bonchev–Trinajstić information content (AvgIpc) is 2.85. The lowest BCUT2D eigenvalue weighted by Gasteiger charge is -2.12. The molecule has 0 fully saturated rings. The molecule has 1 heterocycles. The predicted octanol–water partition coefficient (Wildman–Crippen LogP) is 3.10. The topological polar surface area (TPSA) is 62.5 Å². The van der Waals surface area contributed by atoms with Gasteiger partial charge in [-0.15, -0.1) is 0 Å². The van der Waals surface area contributed by atoms with E-state index in [4.69, 9.17) is 4.52 Å². The lowest BCUT2D eigenvalue weighted by molar-refractivity contribution is 0.392. The summed E-state index contributed by atoms with van der Waals surface area (Å²) in [6.07, 6.45) is 0.567. The molecule has 2 N–H and O–H groups in total. The van der Waals surface area contributed by atoms with Gasteiger partial charge >= 0.3 is 0 Å². The fraction of sp³-hybridized carbons (Fsp3) is 0.375. The second-order valence-corrected chi connectivity index (χ2v) is 6.06. The Morgan fingerprint density at radius 1 is 1.35 bits per heavy atom. The van der Waals surface area contributed by atoms with Gasteiger partial charge in [-0.3, -0.25) is 4.99 Å². The quantitative estimate of drug-likeness (QED) is 0.615. The molecule has 0 amide bonds. The highest BCUT2D eigenvalue weighted by molar-refractivity contribution is 9.10. The number of nitrogens with one attached hydrogen (secondary N) is 2. The van der Waals surface area contributed by atoms with Gasteiger partial charge in [-0.05, 0) is 44.0 Å². The highest BCUT2D eigenvalue weighted by Gasteiger charge is 2.09. The molecule has 0 atom stereocenters. The van der Waals surface area contributed by atoms with E-state index in [1.54, 1.807) is 19.2 Å². The smallest absolute Gasteiger partial charge is 0.191 e. The standard InChI is InChI=1S/C16H20BrFN4O/c1-10-14(11(2)23-22-10)9-21-16(19-3)20-7-6-12-8-13(17)4-5-15(12)18/h4-5,8H,6-7,9H2,1-3H3,(H2,19,20,21). The summed E-state index contributed by atoms with van der Waals surface area (Å²) in [6.45, 7) is 4.93. The van der Waals surface area contributed by atoms with Gasteiger partial charge in [0, 0.05) is 30.2 Å². The van der Waals surface area contributed by atoms with E-state index in [0.717, 1.165) is 21.5 Å². The molecular formula is C16H20BrFN4O. The van der Waals surface area contributed by atoms with Crippen LogP contribution in [-0.4, -0.2) is 24.7 Å². The molecule has 0 radical (unpaired) electrons. The number of rotatable bonds is 5. The van der Waals surface area contributed by atoms with Crippen LogP contribution < -0.4 is 10.6 Å². The summed E-state index contributed by atoms with van der Waals surface area (Å²) in [7, 11) is 1.70. The first-order valence-corrected chi connectivity index (χ1v) is 8.10. The summed E-state index contributed by atoms with van der Waals surface area (Å²) >= 11 is 3.35. The molecule has 0 aliphatic heterocycles. The van der Waals surface area contributed by atoms with Gasteiger partial charge in [0.15, 0.2) is 5.96 Å². The maximum absolute atomic E-state index is 13.7. The van der Waals surface area contributed by atoms with E-state index in [0.29, 0.717) is 31.0 Å². The molecule has 0 spiro atoms. The van der Waals surface area contributed by atoms with Crippen LogP contribution in [0.15, 0.2) is 32.2 Å². The number of aryl methyl sites for hydroxylation is 2. The van der Waals surface area contributed by atoms with Crippen molar-refractivity contribution in [2.24, 2.45) is 4.99 Å². The second kappa shape index (κ2) is 8.10. The van der Waals surface area contributed by atoms with Crippen LogP contribution in [0.5, 0.6) is 0 Å². The minimum atomic E-state index is -0.200. The van der Waals surface area contributed by atoms with Crippen molar-refractivity contribution in [3.05, 3.63) is 51.1 Å². The first-order chi connectivity index (χ1) is 11.0. The van der Waals surface area contributed by atoms with Crippen molar-refractivity contribution >= 4 is 21.9 Å². The van der Waals surface area contributed by atoms with E-state index in [2.05, 4.69) is 36.7 Å². The maximum atomic E-state index is 13.7. The van der Waals surface area contributed by atoms with Crippen LogP contribution in [0.1, 0.15) is 22.6 Å². The molecule has 2 aromatic rings. The van der Waals surface area contributed by atoms with Gasteiger partial charge in [0.25, 0.3) is 0 Å². The van der Waals surface area contributed by atoms with Gasteiger partial charge in [0.05, 0.1) is 5.69 Å². The number of guanidine groups is 1. The van der Waals surface area contributed by atoms with Crippen molar-refractivity contribution < 1.29 is 8.91 Å². The van der Waals surface area contributed by atoms with E-state index in [9.17, 15) is 4.39 Å². The molecule has 2 rings (SSSR count). The second-order valence-electron chi connectivity index (χ2n) is 5.14. The van der Waals surface area contributed by atoms with Gasteiger partial charge in [-0.1, -0.05) is 21.1 Å². The van der Waals surface area contributed by atoms with Crippen molar-refractivity contribution in [1.82, 2.24) is 15.8 Å².